The summed E-state index contributed by atoms with van der Waals surface area (Å²) in [5.41, 5.74) is 8.27. The number of anilines is 3. The first-order chi connectivity index (χ1) is 24.8. The highest BCUT2D eigenvalue weighted by Crippen LogP contribution is 2.51. The maximum atomic E-state index is 2.45. The molecule has 0 fully saturated rings. The summed E-state index contributed by atoms with van der Waals surface area (Å²) in [5, 5.41) is 10.3. The van der Waals surface area contributed by atoms with Crippen molar-refractivity contribution in [3.63, 3.8) is 0 Å². The van der Waals surface area contributed by atoms with Crippen LogP contribution in [-0.2, 0) is 0 Å². The van der Waals surface area contributed by atoms with Gasteiger partial charge in [-0.15, -0.1) is 11.3 Å². The molecule has 0 atom stereocenters. The van der Waals surface area contributed by atoms with E-state index in [0.29, 0.717) is 0 Å². The van der Waals surface area contributed by atoms with Gasteiger partial charge in [0.25, 0.3) is 0 Å². The van der Waals surface area contributed by atoms with Gasteiger partial charge in [0.15, 0.2) is 0 Å². The Balaban J connectivity index is 1.32. The Labute approximate surface area is 294 Å². The van der Waals surface area contributed by atoms with Crippen LogP contribution < -0.4 is 4.90 Å². The van der Waals surface area contributed by atoms with Gasteiger partial charge in [-0.25, -0.2) is 0 Å². The Bertz CT molecular complexity index is 2850. The van der Waals surface area contributed by atoms with Crippen molar-refractivity contribution in [2.24, 2.45) is 0 Å². The van der Waals surface area contributed by atoms with Crippen molar-refractivity contribution in [2.45, 2.75) is 0 Å². The molecule has 234 valence electrons. The van der Waals surface area contributed by atoms with Crippen LogP contribution in [0.2, 0.25) is 0 Å². The van der Waals surface area contributed by atoms with Crippen LogP contribution in [-0.4, -0.2) is 0 Å². The number of hydrogen-bond acceptors (Lipinski definition) is 2. The first-order valence-electron chi connectivity index (χ1n) is 17.1. The van der Waals surface area contributed by atoms with E-state index in [9.17, 15) is 0 Å². The minimum absolute atomic E-state index is 1.12. The van der Waals surface area contributed by atoms with Crippen molar-refractivity contribution in [1.29, 1.82) is 0 Å². The number of benzene rings is 9. The lowest BCUT2D eigenvalue weighted by molar-refractivity contribution is 1.29. The third-order valence-electron chi connectivity index (χ3n) is 10.0. The fraction of sp³-hybridized carbons (Fsp3) is 0. The Morgan fingerprint density at radius 3 is 1.66 bits per heavy atom. The smallest absolute Gasteiger partial charge is 0.0547 e. The highest BCUT2D eigenvalue weighted by Gasteiger charge is 2.24. The molecule has 0 aliphatic carbocycles. The average molecular weight is 654 g/mol. The Hall–Kier alpha value is -6.22. The molecule has 0 aliphatic heterocycles. The second-order valence-corrected chi connectivity index (χ2v) is 13.9. The number of nitrogens with zero attached hydrogens (tertiary/aromatic N) is 1. The van der Waals surface area contributed by atoms with Gasteiger partial charge in [0, 0.05) is 42.5 Å². The number of thiophene rings is 1. The summed E-state index contributed by atoms with van der Waals surface area (Å²) in [7, 11) is 0. The zero-order chi connectivity index (χ0) is 33.0. The van der Waals surface area contributed by atoms with E-state index in [-0.39, 0.29) is 0 Å². The van der Waals surface area contributed by atoms with Gasteiger partial charge in [0.05, 0.1) is 5.69 Å². The second kappa shape index (κ2) is 11.7. The van der Waals surface area contributed by atoms with Gasteiger partial charge >= 0.3 is 0 Å². The van der Waals surface area contributed by atoms with E-state index in [4.69, 9.17) is 0 Å². The Kier molecular flexibility index (Phi) is 6.75. The van der Waals surface area contributed by atoms with E-state index < -0.39 is 0 Å². The van der Waals surface area contributed by atoms with Gasteiger partial charge in [-0.05, 0) is 80.0 Å². The maximum absolute atomic E-state index is 2.45. The lowest BCUT2D eigenvalue weighted by Crippen LogP contribution is -2.11. The van der Waals surface area contributed by atoms with Crippen molar-refractivity contribution in [2.75, 3.05) is 4.90 Å². The molecule has 0 aliphatic rings. The largest absolute Gasteiger partial charge is 0.310 e. The highest BCUT2D eigenvalue weighted by molar-refractivity contribution is 7.27. The molecule has 0 saturated heterocycles. The zero-order valence-corrected chi connectivity index (χ0v) is 28.1. The van der Waals surface area contributed by atoms with Crippen molar-refractivity contribution in [3.8, 4) is 22.3 Å². The molecule has 0 spiro atoms. The van der Waals surface area contributed by atoms with Crippen molar-refractivity contribution < 1.29 is 0 Å². The average Bonchev–Trinajstić information content (AvgIpc) is 3.59. The summed E-state index contributed by atoms with van der Waals surface area (Å²) < 4.78 is 2.63. The molecule has 2 heteroatoms. The lowest BCUT2D eigenvalue weighted by atomic mass is 9.92. The van der Waals surface area contributed by atoms with E-state index >= 15 is 0 Å². The first-order valence-corrected chi connectivity index (χ1v) is 17.9. The van der Waals surface area contributed by atoms with Gasteiger partial charge in [-0.2, -0.15) is 0 Å². The predicted octanol–water partition coefficient (Wildman–Crippen LogP) is 14.3. The molecule has 0 N–H and O–H groups in total. The summed E-state index contributed by atoms with van der Waals surface area (Å²) in [6, 6.07) is 68.6. The first kappa shape index (κ1) is 28.8. The fourth-order valence-corrected chi connectivity index (χ4v) is 9.00. The zero-order valence-electron chi connectivity index (χ0n) is 27.3. The summed E-state index contributed by atoms with van der Waals surface area (Å²) in [5.74, 6) is 0. The molecule has 0 unspecified atom stereocenters. The lowest BCUT2D eigenvalue weighted by Gasteiger charge is -2.29. The minimum Gasteiger partial charge on any atom is -0.310 e. The van der Waals surface area contributed by atoms with Crippen LogP contribution in [0, 0.1) is 0 Å². The van der Waals surface area contributed by atoms with Crippen molar-refractivity contribution >= 4 is 80.9 Å². The highest BCUT2D eigenvalue weighted by atomic mass is 32.1. The van der Waals surface area contributed by atoms with E-state index in [1.165, 1.54) is 74.7 Å². The summed E-state index contributed by atoms with van der Waals surface area (Å²) in [4.78, 5) is 2.45. The third kappa shape index (κ3) is 4.61. The quantitative estimate of drug-likeness (QED) is 0.167. The van der Waals surface area contributed by atoms with Gasteiger partial charge < -0.3 is 4.90 Å². The number of hydrogen-bond donors (Lipinski definition) is 0. The van der Waals surface area contributed by atoms with Crippen LogP contribution in [0.1, 0.15) is 0 Å². The molecule has 9 aromatic carbocycles. The van der Waals surface area contributed by atoms with Crippen LogP contribution in [0.25, 0.3) is 74.7 Å². The Morgan fingerprint density at radius 2 is 0.920 bits per heavy atom. The molecule has 10 aromatic rings. The molecule has 1 nitrogen and oxygen atoms in total. The van der Waals surface area contributed by atoms with Crippen LogP contribution in [0.4, 0.5) is 17.1 Å². The molecule has 0 saturated carbocycles. The summed E-state index contributed by atoms with van der Waals surface area (Å²) in [6.07, 6.45) is 0. The molecule has 10 rings (SSSR count). The van der Waals surface area contributed by atoms with Gasteiger partial charge in [-0.1, -0.05) is 152 Å². The summed E-state index contributed by atoms with van der Waals surface area (Å²) >= 11 is 1.91. The Morgan fingerprint density at radius 1 is 0.360 bits per heavy atom. The second-order valence-electron chi connectivity index (χ2n) is 12.9. The van der Waals surface area contributed by atoms with E-state index in [0.717, 1.165) is 17.1 Å². The molecule has 1 heterocycles. The normalized spacial score (nSPS) is 11.6. The number of fused-ring (bicyclic) bond motifs is 9. The number of rotatable bonds is 5. The van der Waals surface area contributed by atoms with Gasteiger partial charge in [0.2, 0.25) is 0 Å². The standard InChI is InChI=1S/C48H31NS/c1-3-13-32(14-4-1)34-23-26-37(27-24-34)49(38-28-25-33-15-7-8-18-36(33)31-38)43-29-30-44-47(45(43)35-16-5-2-6-17-35)46-41-21-11-9-19-39(41)40-20-10-12-22-42(40)48(46)50-44/h1-31H. The minimum atomic E-state index is 1.12. The monoisotopic (exact) mass is 653 g/mol. The van der Waals surface area contributed by atoms with Crippen molar-refractivity contribution in [3.05, 3.63) is 188 Å². The molecule has 0 bridgehead atoms. The maximum Gasteiger partial charge on any atom is 0.0547 e. The summed E-state index contributed by atoms with van der Waals surface area (Å²) in [6.45, 7) is 0. The van der Waals surface area contributed by atoms with Gasteiger partial charge in [0.1, 0.15) is 0 Å². The third-order valence-corrected chi connectivity index (χ3v) is 11.2. The van der Waals surface area contributed by atoms with Crippen molar-refractivity contribution in [1.82, 2.24) is 0 Å². The molecule has 0 radical (unpaired) electrons. The fourth-order valence-electron chi connectivity index (χ4n) is 7.74. The van der Waals surface area contributed by atoms with E-state index in [2.05, 4.69) is 193 Å². The van der Waals surface area contributed by atoms with E-state index in [1.807, 2.05) is 11.3 Å². The van der Waals surface area contributed by atoms with Crippen LogP contribution in [0.5, 0.6) is 0 Å². The predicted molar refractivity (Wildman–Crippen MR) is 217 cm³/mol. The van der Waals surface area contributed by atoms with Crippen LogP contribution in [0.15, 0.2) is 188 Å². The molecular weight excluding hydrogens is 623 g/mol. The molecule has 50 heavy (non-hydrogen) atoms. The molecule has 0 amide bonds. The van der Waals surface area contributed by atoms with Crippen LogP contribution in [0.3, 0.4) is 0 Å². The molecular formula is C48H31NS. The SMILES string of the molecule is c1ccc(-c2ccc(N(c3ccc4ccccc4c3)c3ccc4sc5c6ccccc6c6ccccc6c5c4c3-c3ccccc3)cc2)cc1. The van der Waals surface area contributed by atoms with Gasteiger partial charge in [-0.3, -0.25) is 0 Å². The molecule has 1 aromatic heterocycles. The van der Waals surface area contributed by atoms with E-state index in [1.54, 1.807) is 0 Å². The van der Waals surface area contributed by atoms with Crippen LogP contribution >= 0.6 is 11.3 Å². The topological polar surface area (TPSA) is 3.24 Å².